The molecule has 8 rings (SSSR count). The fraction of sp³-hybridized carbons (Fsp3) is 0.0952. The Kier molecular flexibility index (Phi) is 5.94. The summed E-state index contributed by atoms with van der Waals surface area (Å²) in [6.07, 6.45) is 4.62. The van der Waals surface area contributed by atoms with Crippen LogP contribution in [0.25, 0.3) is 44.3 Å². The van der Waals surface area contributed by atoms with Gasteiger partial charge in [-0.15, -0.1) is 0 Å². The second-order valence-corrected chi connectivity index (χ2v) is 12.2. The molecule has 2 aliphatic rings. The number of allylic oxidation sites excluding steroid dienone is 2. The number of benzene rings is 6. The Hall–Kier alpha value is -5.14. The van der Waals surface area contributed by atoms with Crippen LogP contribution in [0, 0.1) is 0 Å². The highest BCUT2D eigenvalue weighted by molar-refractivity contribution is 6.08. The molecular formula is C42H33N. The summed E-state index contributed by atoms with van der Waals surface area (Å²) in [6.45, 7) is 4.73. The third-order valence-corrected chi connectivity index (χ3v) is 9.30. The molecule has 0 amide bonds. The molecule has 1 heteroatoms. The Morgan fingerprint density at radius 3 is 1.98 bits per heavy atom. The third-order valence-electron chi connectivity index (χ3n) is 9.30. The maximum absolute atomic E-state index is 3.82. The molecule has 0 radical (unpaired) electrons. The number of rotatable bonds is 4. The van der Waals surface area contributed by atoms with Crippen LogP contribution in [0.3, 0.4) is 0 Å². The minimum atomic E-state index is -0.0462. The molecule has 6 aromatic carbocycles. The fourth-order valence-corrected chi connectivity index (χ4v) is 7.08. The van der Waals surface area contributed by atoms with Gasteiger partial charge in [-0.05, 0) is 84.6 Å². The van der Waals surface area contributed by atoms with Gasteiger partial charge in [-0.3, -0.25) is 0 Å². The normalized spacial score (nSPS) is 16.6. The molecule has 1 unspecified atom stereocenters. The molecule has 1 atom stereocenters. The van der Waals surface area contributed by atoms with Crippen LogP contribution in [0.1, 0.15) is 47.7 Å². The van der Waals surface area contributed by atoms with Crippen LogP contribution in [0.5, 0.6) is 0 Å². The molecule has 0 fully saturated rings. The van der Waals surface area contributed by atoms with Crippen LogP contribution in [0.4, 0.5) is 0 Å². The van der Waals surface area contributed by atoms with Gasteiger partial charge in [0.1, 0.15) is 0 Å². The Bertz CT molecular complexity index is 2040. The minimum Gasteiger partial charge on any atom is -0.374 e. The minimum absolute atomic E-state index is 0.0462. The topological polar surface area (TPSA) is 12.0 Å². The highest BCUT2D eigenvalue weighted by Crippen LogP contribution is 2.54. The summed E-state index contributed by atoms with van der Waals surface area (Å²) < 4.78 is 0. The number of hydrogen-bond acceptors (Lipinski definition) is 1. The smallest absolute Gasteiger partial charge is 0.0707 e. The highest BCUT2D eigenvalue weighted by Gasteiger charge is 2.37. The van der Waals surface area contributed by atoms with E-state index in [1.807, 2.05) is 0 Å². The first-order valence-electron chi connectivity index (χ1n) is 15.2. The first-order chi connectivity index (χ1) is 21.1. The summed E-state index contributed by atoms with van der Waals surface area (Å²) >= 11 is 0. The zero-order valence-electron chi connectivity index (χ0n) is 24.5. The second-order valence-electron chi connectivity index (χ2n) is 12.2. The van der Waals surface area contributed by atoms with Crippen molar-refractivity contribution >= 4 is 22.0 Å². The molecule has 1 aliphatic carbocycles. The molecule has 1 nitrogen and oxygen atoms in total. The summed E-state index contributed by atoms with van der Waals surface area (Å²) in [5.74, 6) is 0. The number of hydrogen-bond donors (Lipinski definition) is 1. The molecule has 0 spiro atoms. The molecule has 6 aromatic rings. The van der Waals surface area contributed by atoms with Gasteiger partial charge in [0, 0.05) is 11.1 Å². The first-order valence-corrected chi connectivity index (χ1v) is 15.2. The van der Waals surface area contributed by atoms with Gasteiger partial charge in [0.2, 0.25) is 0 Å². The van der Waals surface area contributed by atoms with Crippen molar-refractivity contribution in [3.05, 3.63) is 179 Å². The predicted octanol–water partition coefficient (Wildman–Crippen LogP) is 10.6. The van der Waals surface area contributed by atoms with E-state index in [0.29, 0.717) is 0 Å². The van der Waals surface area contributed by atoms with Gasteiger partial charge < -0.3 is 5.32 Å². The lowest BCUT2D eigenvalue weighted by Gasteiger charge is -2.26. The quantitative estimate of drug-likeness (QED) is 0.230. The Morgan fingerprint density at radius 2 is 1.21 bits per heavy atom. The Labute approximate surface area is 253 Å². The van der Waals surface area contributed by atoms with Crippen LogP contribution in [0.15, 0.2) is 152 Å². The Morgan fingerprint density at radius 1 is 0.558 bits per heavy atom. The summed E-state index contributed by atoms with van der Waals surface area (Å²) in [5, 5.41) is 6.42. The van der Waals surface area contributed by atoms with Crippen molar-refractivity contribution in [2.45, 2.75) is 25.3 Å². The number of nitrogens with one attached hydrogen (secondary N) is 1. The summed E-state index contributed by atoms with van der Waals surface area (Å²) in [5.41, 5.74) is 14.1. The largest absolute Gasteiger partial charge is 0.374 e. The van der Waals surface area contributed by atoms with E-state index in [9.17, 15) is 0 Å². The van der Waals surface area contributed by atoms with Crippen LogP contribution in [0.2, 0.25) is 0 Å². The monoisotopic (exact) mass is 551 g/mol. The van der Waals surface area contributed by atoms with Gasteiger partial charge in [0.15, 0.2) is 0 Å². The zero-order chi connectivity index (χ0) is 29.0. The summed E-state index contributed by atoms with van der Waals surface area (Å²) in [4.78, 5) is 0. The predicted molar refractivity (Wildman–Crippen MR) is 182 cm³/mol. The van der Waals surface area contributed by atoms with E-state index in [0.717, 1.165) is 5.70 Å². The van der Waals surface area contributed by atoms with Crippen molar-refractivity contribution in [1.82, 2.24) is 5.32 Å². The van der Waals surface area contributed by atoms with Gasteiger partial charge in [-0.2, -0.15) is 0 Å². The molecule has 1 N–H and O–H groups in total. The van der Waals surface area contributed by atoms with E-state index in [2.05, 4.69) is 171 Å². The molecule has 1 heterocycles. The van der Waals surface area contributed by atoms with E-state index in [1.54, 1.807) is 0 Å². The molecule has 1 aliphatic heterocycles. The van der Waals surface area contributed by atoms with Crippen LogP contribution in [-0.2, 0) is 5.41 Å². The van der Waals surface area contributed by atoms with Crippen molar-refractivity contribution in [3.63, 3.8) is 0 Å². The highest BCUT2D eigenvalue weighted by atomic mass is 14.9. The van der Waals surface area contributed by atoms with Crippen LogP contribution in [-0.4, -0.2) is 0 Å². The third kappa shape index (κ3) is 4.23. The van der Waals surface area contributed by atoms with E-state index in [-0.39, 0.29) is 11.5 Å². The molecular weight excluding hydrogens is 518 g/mol. The van der Waals surface area contributed by atoms with E-state index >= 15 is 0 Å². The zero-order valence-corrected chi connectivity index (χ0v) is 24.5. The molecule has 0 bridgehead atoms. The van der Waals surface area contributed by atoms with Crippen LogP contribution >= 0.6 is 0 Å². The van der Waals surface area contributed by atoms with E-state index in [4.69, 9.17) is 0 Å². The Balaban J connectivity index is 1.25. The van der Waals surface area contributed by atoms with E-state index in [1.165, 1.54) is 66.4 Å². The standard InChI is InChI=1S/C42H33N/c1-42(2)36-20-12-11-19-35(36)41-37(42)25-32-17-9-10-18-34(32)40(41)31-23-21-30(22-24-31)39-27-33(28-13-5-3-6-14-28)26-38(43-39)29-15-7-4-8-16-29/h3-27,39,43H,1-2H3. The SMILES string of the molecule is CC1(C)c2ccccc2-c2c1cc1ccccc1c2-c1ccc(C2C=C(c3ccccc3)C=C(c3ccccc3)N2)cc1. The lowest BCUT2D eigenvalue weighted by Crippen LogP contribution is -2.21. The second kappa shape index (κ2) is 10.00. The van der Waals surface area contributed by atoms with E-state index < -0.39 is 0 Å². The summed E-state index contributed by atoms with van der Waals surface area (Å²) in [7, 11) is 0. The average molecular weight is 552 g/mol. The molecule has 43 heavy (non-hydrogen) atoms. The van der Waals surface area contributed by atoms with Gasteiger partial charge in [-0.1, -0.05) is 147 Å². The molecule has 0 saturated carbocycles. The lowest BCUT2D eigenvalue weighted by molar-refractivity contribution is 0.661. The van der Waals surface area contributed by atoms with Gasteiger partial charge in [0.25, 0.3) is 0 Å². The van der Waals surface area contributed by atoms with Crippen molar-refractivity contribution in [2.75, 3.05) is 0 Å². The van der Waals surface area contributed by atoms with Gasteiger partial charge in [-0.25, -0.2) is 0 Å². The maximum Gasteiger partial charge on any atom is 0.0707 e. The van der Waals surface area contributed by atoms with Crippen LogP contribution < -0.4 is 5.32 Å². The average Bonchev–Trinajstić information content (AvgIpc) is 3.30. The summed E-state index contributed by atoms with van der Waals surface area (Å²) in [6, 6.07) is 50.8. The van der Waals surface area contributed by atoms with Gasteiger partial charge >= 0.3 is 0 Å². The van der Waals surface area contributed by atoms with Gasteiger partial charge in [0.05, 0.1) is 6.04 Å². The fourth-order valence-electron chi connectivity index (χ4n) is 7.08. The van der Waals surface area contributed by atoms with Crippen molar-refractivity contribution < 1.29 is 0 Å². The molecule has 0 aromatic heterocycles. The van der Waals surface area contributed by atoms with Crippen molar-refractivity contribution in [2.24, 2.45) is 0 Å². The molecule has 206 valence electrons. The lowest BCUT2D eigenvalue weighted by atomic mass is 9.80. The molecule has 0 saturated heterocycles. The first kappa shape index (κ1) is 25.6. The number of fused-ring (bicyclic) bond motifs is 4. The maximum atomic E-state index is 3.82. The number of dihydropyridines is 1. The van der Waals surface area contributed by atoms with Crippen molar-refractivity contribution in [3.8, 4) is 22.3 Å². The van der Waals surface area contributed by atoms with Crippen molar-refractivity contribution in [1.29, 1.82) is 0 Å².